The van der Waals surface area contributed by atoms with E-state index in [1.807, 2.05) is 69.3 Å². The predicted molar refractivity (Wildman–Crippen MR) is 111 cm³/mol. The van der Waals surface area contributed by atoms with E-state index in [4.69, 9.17) is 9.15 Å². The molecule has 0 atom stereocenters. The molecular formula is C22H26N4O2. The van der Waals surface area contributed by atoms with Gasteiger partial charge in [0.25, 0.3) is 0 Å². The van der Waals surface area contributed by atoms with Crippen LogP contribution in [0.25, 0.3) is 0 Å². The molecule has 0 aliphatic heterocycles. The minimum Gasteiger partial charge on any atom is -0.457 e. The van der Waals surface area contributed by atoms with Gasteiger partial charge in [0.2, 0.25) is 5.89 Å². The molecule has 0 aliphatic rings. The lowest BCUT2D eigenvalue weighted by atomic mass is 10.2. The second kappa shape index (κ2) is 9.08. The van der Waals surface area contributed by atoms with E-state index in [1.54, 1.807) is 7.05 Å². The highest BCUT2D eigenvalue weighted by Crippen LogP contribution is 2.25. The quantitative estimate of drug-likeness (QED) is 0.495. The topological polar surface area (TPSA) is 71.7 Å². The van der Waals surface area contributed by atoms with Crippen LogP contribution in [-0.4, -0.2) is 18.0 Å². The van der Waals surface area contributed by atoms with Gasteiger partial charge < -0.3 is 19.8 Å². The summed E-state index contributed by atoms with van der Waals surface area (Å²) in [6.45, 7) is 6.93. The Morgan fingerprint density at radius 3 is 2.54 bits per heavy atom. The molecule has 2 aromatic carbocycles. The molecule has 0 spiro atoms. The second-order valence-electron chi connectivity index (χ2n) is 6.55. The van der Waals surface area contributed by atoms with Crippen LogP contribution in [0, 0.1) is 20.8 Å². The first kappa shape index (κ1) is 19.5. The summed E-state index contributed by atoms with van der Waals surface area (Å²) in [7, 11) is 1.73. The van der Waals surface area contributed by atoms with Crippen molar-refractivity contribution in [1.82, 2.24) is 15.6 Å². The van der Waals surface area contributed by atoms with Gasteiger partial charge in [0.1, 0.15) is 17.3 Å². The molecule has 0 amide bonds. The third kappa shape index (κ3) is 5.13. The van der Waals surface area contributed by atoms with Crippen LogP contribution < -0.4 is 15.4 Å². The van der Waals surface area contributed by atoms with Crippen LogP contribution in [0.1, 0.15) is 28.5 Å². The maximum Gasteiger partial charge on any atom is 0.214 e. The van der Waals surface area contributed by atoms with Crippen molar-refractivity contribution in [2.75, 3.05) is 7.05 Å². The zero-order valence-corrected chi connectivity index (χ0v) is 16.7. The normalized spacial score (nSPS) is 11.4. The lowest BCUT2D eigenvalue weighted by Crippen LogP contribution is -2.36. The number of para-hydroxylation sites is 1. The molecule has 1 aromatic heterocycles. The van der Waals surface area contributed by atoms with E-state index in [9.17, 15) is 0 Å². The van der Waals surface area contributed by atoms with Gasteiger partial charge in [-0.1, -0.05) is 30.3 Å². The summed E-state index contributed by atoms with van der Waals surface area (Å²) in [6, 6.07) is 16.0. The Labute approximate surface area is 165 Å². The van der Waals surface area contributed by atoms with Crippen LogP contribution in [0.4, 0.5) is 0 Å². The first-order chi connectivity index (χ1) is 13.5. The fourth-order valence-corrected chi connectivity index (χ4v) is 2.73. The number of ether oxygens (including phenoxy) is 1. The monoisotopic (exact) mass is 378 g/mol. The van der Waals surface area contributed by atoms with E-state index >= 15 is 0 Å². The van der Waals surface area contributed by atoms with Gasteiger partial charge >= 0.3 is 0 Å². The Morgan fingerprint density at radius 2 is 1.82 bits per heavy atom. The fraction of sp³-hybridized carbons (Fsp3) is 0.273. The van der Waals surface area contributed by atoms with Gasteiger partial charge in [-0.25, -0.2) is 4.98 Å². The van der Waals surface area contributed by atoms with Crippen LogP contribution in [0.2, 0.25) is 0 Å². The number of benzene rings is 2. The van der Waals surface area contributed by atoms with Gasteiger partial charge in [-0.05, 0) is 44.5 Å². The molecule has 3 rings (SSSR count). The number of nitrogens with zero attached hydrogens (tertiary/aromatic N) is 2. The van der Waals surface area contributed by atoms with Crippen molar-refractivity contribution in [1.29, 1.82) is 0 Å². The number of oxazole rings is 1. The molecule has 2 N–H and O–H groups in total. The maximum atomic E-state index is 6.08. The van der Waals surface area contributed by atoms with Crippen molar-refractivity contribution in [2.45, 2.75) is 33.9 Å². The lowest BCUT2D eigenvalue weighted by molar-refractivity contribution is 0.463. The minimum absolute atomic E-state index is 0.468. The van der Waals surface area contributed by atoms with Gasteiger partial charge in [-0.3, -0.25) is 4.99 Å². The van der Waals surface area contributed by atoms with E-state index in [-0.39, 0.29) is 0 Å². The van der Waals surface area contributed by atoms with Crippen molar-refractivity contribution >= 4 is 5.96 Å². The van der Waals surface area contributed by atoms with Crippen LogP contribution in [-0.2, 0) is 13.1 Å². The number of hydrogen-bond donors (Lipinski definition) is 2. The SMILES string of the molecule is CN=C(NCc1nc(C)c(C)o1)NCc1ccccc1Oc1cccc(C)c1. The summed E-state index contributed by atoms with van der Waals surface area (Å²) >= 11 is 0. The summed E-state index contributed by atoms with van der Waals surface area (Å²) in [6.07, 6.45) is 0. The number of rotatable bonds is 6. The number of hydrogen-bond acceptors (Lipinski definition) is 4. The van der Waals surface area contributed by atoms with E-state index < -0.39 is 0 Å². The molecule has 0 radical (unpaired) electrons. The molecule has 0 unspecified atom stereocenters. The highest BCUT2D eigenvalue weighted by molar-refractivity contribution is 5.79. The van der Waals surface area contributed by atoms with Crippen molar-refractivity contribution in [2.24, 2.45) is 4.99 Å². The smallest absolute Gasteiger partial charge is 0.214 e. The van der Waals surface area contributed by atoms with Crippen molar-refractivity contribution in [3.63, 3.8) is 0 Å². The summed E-state index contributed by atoms with van der Waals surface area (Å²) < 4.78 is 11.7. The molecule has 0 saturated carbocycles. The Balaban J connectivity index is 1.61. The van der Waals surface area contributed by atoms with E-state index in [1.165, 1.54) is 0 Å². The van der Waals surface area contributed by atoms with E-state index in [0.717, 1.165) is 34.1 Å². The summed E-state index contributed by atoms with van der Waals surface area (Å²) in [5.74, 6) is 3.78. The Morgan fingerprint density at radius 1 is 1.04 bits per heavy atom. The molecule has 0 fully saturated rings. The fourth-order valence-electron chi connectivity index (χ4n) is 2.73. The van der Waals surface area contributed by atoms with Crippen LogP contribution in [0.3, 0.4) is 0 Å². The Bertz CT molecular complexity index is 943. The molecular weight excluding hydrogens is 352 g/mol. The summed E-state index contributed by atoms with van der Waals surface area (Å²) in [4.78, 5) is 8.63. The summed E-state index contributed by atoms with van der Waals surface area (Å²) in [5.41, 5.74) is 3.10. The van der Waals surface area contributed by atoms with Crippen molar-refractivity contribution in [3.8, 4) is 11.5 Å². The number of aliphatic imine (C=N–C) groups is 1. The Kier molecular flexibility index (Phi) is 6.32. The largest absolute Gasteiger partial charge is 0.457 e. The first-order valence-corrected chi connectivity index (χ1v) is 9.25. The third-order valence-corrected chi connectivity index (χ3v) is 4.34. The molecule has 0 aliphatic carbocycles. The summed E-state index contributed by atoms with van der Waals surface area (Å²) in [5, 5.41) is 6.52. The average Bonchev–Trinajstić information content (AvgIpc) is 3.01. The van der Waals surface area contributed by atoms with Crippen LogP contribution in [0.15, 0.2) is 57.9 Å². The van der Waals surface area contributed by atoms with Crippen molar-refractivity contribution < 1.29 is 9.15 Å². The molecule has 0 bridgehead atoms. The molecule has 3 aromatic rings. The number of aryl methyl sites for hydroxylation is 3. The standard InChI is InChI=1S/C22H26N4O2/c1-15-8-7-10-19(12-15)28-20-11-6-5-9-18(20)13-24-22(23-4)25-14-21-26-16(2)17(3)27-21/h5-12H,13-14H2,1-4H3,(H2,23,24,25). The van der Waals surface area contributed by atoms with Crippen LogP contribution >= 0.6 is 0 Å². The maximum absolute atomic E-state index is 6.08. The van der Waals surface area contributed by atoms with Crippen molar-refractivity contribution in [3.05, 3.63) is 77.0 Å². The highest BCUT2D eigenvalue weighted by atomic mass is 16.5. The average molecular weight is 378 g/mol. The first-order valence-electron chi connectivity index (χ1n) is 9.25. The van der Waals surface area contributed by atoms with Crippen LogP contribution in [0.5, 0.6) is 11.5 Å². The van der Waals surface area contributed by atoms with Gasteiger partial charge in [0, 0.05) is 19.2 Å². The predicted octanol–water partition coefficient (Wildman–Crippen LogP) is 4.26. The molecule has 146 valence electrons. The minimum atomic E-state index is 0.468. The van der Waals surface area contributed by atoms with E-state index in [2.05, 4.69) is 20.6 Å². The zero-order valence-electron chi connectivity index (χ0n) is 16.7. The van der Waals surface area contributed by atoms with E-state index in [0.29, 0.717) is 24.9 Å². The number of guanidine groups is 1. The number of aromatic nitrogens is 1. The van der Waals surface area contributed by atoms with Gasteiger partial charge in [-0.2, -0.15) is 0 Å². The zero-order chi connectivity index (χ0) is 19.9. The number of nitrogens with one attached hydrogen (secondary N) is 2. The lowest BCUT2D eigenvalue weighted by Gasteiger charge is -2.14. The highest BCUT2D eigenvalue weighted by Gasteiger charge is 2.08. The molecule has 6 heteroatoms. The van der Waals surface area contributed by atoms with Gasteiger partial charge in [0.05, 0.1) is 12.2 Å². The molecule has 6 nitrogen and oxygen atoms in total. The Hall–Kier alpha value is -3.28. The molecule has 1 heterocycles. The molecule has 0 saturated heterocycles. The van der Waals surface area contributed by atoms with Gasteiger partial charge in [-0.15, -0.1) is 0 Å². The molecule has 28 heavy (non-hydrogen) atoms. The third-order valence-electron chi connectivity index (χ3n) is 4.34. The van der Waals surface area contributed by atoms with Gasteiger partial charge in [0.15, 0.2) is 5.96 Å². The second-order valence-corrected chi connectivity index (χ2v) is 6.55.